The molecule has 0 aliphatic heterocycles. The van der Waals surface area contributed by atoms with Gasteiger partial charge in [0.2, 0.25) is 5.76 Å². The Hall–Kier alpha value is -2.50. The van der Waals surface area contributed by atoms with Gasteiger partial charge in [-0.05, 0) is 19.1 Å². The Morgan fingerprint density at radius 2 is 2.17 bits per heavy atom. The van der Waals surface area contributed by atoms with E-state index in [2.05, 4.69) is 10.3 Å². The SMILES string of the molecule is Cc1nc(C)c(C(=O)Nc2ccc(O)cc2N)o1. The lowest BCUT2D eigenvalue weighted by Gasteiger charge is -2.07. The monoisotopic (exact) mass is 247 g/mol. The third-order valence-corrected chi connectivity index (χ3v) is 2.39. The summed E-state index contributed by atoms with van der Waals surface area (Å²) in [6.45, 7) is 3.35. The van der Waals surface area contributed by atoms with Gasteiger partial charge in [-0.2, -0.15) is 0 Å². The first kappa shape index (κ1) is 12.0. The van der Waals surface area contributed by atoms with E-state index in [9.17, 15) is 9.90 Å². The van der Waals surface area contributed by atoms with Crippen LogP contribution in [0.2, 0.25) is 0 Å². The van der Waals surface area contributed by atoms with Crippen molar-refractivity contribution >= 4 is 17.3 Å². The lowest BCUT2D eigenvalue weighted by Crippen LogP contribution is -2.13. The van der Waals surface area contributed by atoms with Gasteiger partial charge in [-0.15, -0.1) is 0 Å². The highest BCUT2D eigenvalue weighted by Crippen LogP contribution is 2.24. The number of carbonyl (C=O) groups excluding carboxylic acids is 1. The Morgan fingerprint density at radius 3 is 2.72 bits per heavy atom. The van der Waals surface area contributed by atoms with Crippen LogP contribution in [0.15, 0.2) is 22.6 Å². The van der Waals surface area contributed by atoms with E-state index >= 15 is 0 Å². The molecule has 0 saturated heterocycles. The molecule has 0 aliphatic rings. The number of aryl methyl sites for hydroxylation is 2. The second kappa shape index (κ2) is 4.40. The fraction of sp³-hybridized carbons (Fsp3) is 0.167. The summed E-state index contributed by atoms with van der Waals surface area (Å²) in [5, 5.41) is 11.8. The number of aromatic hydroxyl groups is 1. The molecular formula is C12H13N3O3. The number of rotatable bonds is 2. The van der Waals surface area contributed by atoms with Crippen molar-refractivity contribution in [2.24, 2.45) is 0 Å². The Bertz CT molecular complexity index is 605. The van der Waals surface area contributed by atoms with E-state index in [1.165, 1.54) is 18.2 Å². The molecule has 0 spiro atoms. The van der Waals surface area contributed by atoms with Gasteiger partial charge in [-0.1, -0.05) is 0 Å². The smallest absolute Gasteiger partial charge is 0.293 e. The highest BCUT2D eigenvalue weighted by Gasteiger charge is 2.16. The maximum atomic E-state index is 11.9. The largest absolute Gasteiger partial charge is 0.508 e. The maximum absolute atomic E-state index is 11.9. The summed E-state index contributed by atoms with van der Waals surface area (Å²) in [6, 6.07) is 4.31. The molecule has 18 heavy (non-hydrogen) atoms. The van der Waals surface area contributed by atoms with E-state index in [-0.39, 0.29) is 17.2 Å². The average molecular weight is 247 g/mol. The van der Waals surface area contributed by atoms with Crippen LogP contribution in [0, 0.1) is 13.8 Å². The summed E-state index contributed by atoms with van der Waals surface area (Å²) in [5.41, 5.74) is 6.87. The van der Waals surface area contributed by atoms with Crippen LogP contribution in [-0.4, -0.2) is 16.0 Å². The average Bonchev–Trinajstić information content (AvgIpc) is 2.62. The Labute approximate surface area is 103 Å². The minimum Gasteiger partial charge on any atom is -0.508 e. The van der Waals surface area contributed by atoms with Crippen molar-refractivity contribution in [3.05, 3.63) is 35.5 Å². The molecule has 1 aromatic heterocycles. The molecule has 0 bridgehead atoms. The van der Waals surface area contributed by atoms with Gasteiger partial charge in [0.25, 0.3) is 5.91 Å². The van der Waals surface area contributed by atoms with Crippen molar-refractivity contribution in [3.8, 4) is 5.75 Å². The van der Waals surface area contributed by atoms with Gasteiger partial charge in [-0.3, -0.25) is 4.79 Å². The van der Waals surface area contributed by atoms with Crippen molar-refractivity contribution in [1.29, 1.82) is 0 Å². The number of benzene rings is 1. The number of carbonyl (C=O) groups is 1. The number of nitrogens with zero attached hydrogens (tertiary/aromatic N) is 1. The van der Waals surface area contributed by atoms with Crippen LogP contribution in [0.4, 0.5) is 11.4 Å². The van der Waals surface area contributed by atoms with Gasteiger partial charge in [0.05, 0.1) is 17.1 Å². The molecule has 6 heteroatoms. The van der Waals surface area contributed by atoms with Crippen LogP contribution in [-0.2, 0) is 0 Å². The van der Waals surface area contributed by atoms with Crippen LogP contribution < -0.4 is 11.1 Å². The Morgan fingerprint density at radius 1 is 1.44 bits per heavy atom. The molecule has 1 aromatic carbocycles. The molecule has 94 valence electrons. The molecular weight excluding hydrogens is 234 g/mol. The van der Waals surface area contributed by atoms with Gasteiger partial charge in [0.15, 0.2) is 5.89 Å². The topological polar surface area (TPSA) is 101 Å². The van der Waals surface area contributed by atoms with E-state index in [1.54, 1.807) is 13.8 Å². The molecule has 4 N–H and O–H groups in total. The number of nitrogens with one attached hydrogen (secondary N) is 1. The fourth-order valence-corrected chi connectivity index (χ4v) is 1.59. The van der Waals surface area contributed by atoms with E-state index < -0.39 is 5.91 Å². The lowest BCUT2D eigenvalue weighted by molar-refractivity contribution is 0.0994. The summed E-state index contributed by atoms with van der Waals surface area (Å²) in [5.74, 6) is 0.194. The second-order valence-electron chi connectivity index (χ2n) is 3.87. The van der Waals surface area contributed by atoms with E-state index in [0.29, 0.717) is 17.3 Å². The minimum atomic E-state index is -0.425. The number of aromatic nitrogens is 1. The quantitative estimate of drug-likeness (QED) is 0.555. The lowest BCUT2D eigenvalue weighted by atomic mass is 10.2. The first-order valence-corrected chi connectivity index (χ1v) is 5.31. The number of anilines is 2. The van der Waals surface area contributed by atoms with Crippen molar-refractivity contribution < 1.29 is 14.3 Å². The van der Waals surface area contributed by atoms with Gasteiger partial charge < -0.3 is 20.6 Å². The van der Waals surface area contributed by atoms with Crippen molar-refractivity contribution in [3.63, 3.8) is 0 Å². The van der Waals surface area contributed by atoms with E-state index in [1.807, 2.05) is 0 Å². The van der Waals surface area contributed by atoms with Crippen LogP contribution in [0.3, 0.4) is 0 Å². The fourth-order valence-electron chi connectivity index (χ4n) is 1.59. The Kier molecular flexibility index (Phi) is 2.93. The van der Waals surface area contributed by atoms with Crippen molar-refractivity contribution in [2.45, 2.75) is 13.8 Å². The van der Waals surface area contributed by atoms with Crippen molar-refractivity contribution in [1.82, 2.24) is 4.98 Å². The van der Waals surface area contributed by atoms with Crippen LogP contribution >= 0.6 is 0 Å². The first-order valence-electron chi connectivity index (χ1n) is 5.31. The zero-order chi connectivity index (χ0) is 13.3. The summed E-state index contributed by atoms with van der Waals surface area (Å²) in [6.07, 6.45) is 0. The minimum absolute atomic E-state index is 0.0391. The molecule has 0 unspecified atom stereocenters. The molecule has 6 nitrogen and oxygen atoms in total. The van der Waals surface area contributed by atoms with E-state index in [4.69, 9.17) is 10.2 Å². The molecule has 0 radical (unpaired) electrons. The highest BCUT2D eigenvalue weighted by molar-refractivity contribution is 6.04. The molecule has 0 aliphatic carbocycles. The standard InChI is InChI=1S/C12H13N3O3/c1-6-11(18-7(2)14-6)12(17)15-10-4-3-8(16)5-9(10)13/h3-5,16H,13H2,1-2H3,(H,15,17). The summed E-state index contributed by atoms with van der Waals surface area (Å²) in [7, 11) is 0. The van der Waals surface area contributed by atoms with Crippen LogP contribution in [0.5, 0.6) is 5.75 Å². The number of oxazole rings is 1. The normalized spacial score (nSPS) is 10.3. The predicted molar refractivity (Wildman–Crippen MR) is 66.4 cm³/mol. The third-order valence-electron chi connectivity index (χ3n) is 2.39. The number of amides is 1. The number of phenolic OH excluding ortho intramolecular Hbond substituents is 1. The molecule has 1 amide bonds. The zero-order valence-corrected chi connectivity index (χ0v) is 10.0. The molecule has 0 saturated carbocycles. The van der Waals surface area contributed by atoms with E-state index in [0.717, 1.165) is 0 Å². The summed E-state index contributed by atoms with van der Waals surface area (Å²) in [4.78, 5) is 15.9. The zero-order valence-electron chi connectivity index (χ0n) is 10.0. The molecule has 2 rings (SSSR count). The molecule has 1 heterocycles. The van der Waals surface area contributed by atoms with Gasteiger partial charge >= 0.3 is 0 Å². The number of nitrogen functional groups attached to an aromatic ring is 1. The molecule has 0 atom stereocenters. The van der Waals surface area contributed by atoms with Crippen LogP contribution in [0.25, 0.3) is 0 Å². The third kappa shape index (κ3) is 2.27. The predicted octanol–water partition coefficient (Wildman–Crippen LogP) is 1.83. The number of phenols is 1. The first-order chi connectivity index (χ1) is 8.47. The number of hydrogen-bond acceptors (Lipinski definition) is 5. The van der Waals surface area contributed by atoms with Gasteiger partial charge in [-0.25, -0.2) is 4.98 Å². The molecule has 2 aromatic rings. The molecule has 0 fully saturated rings. The maximum Gasteiger partial charge on any atom is 0.293 e. The summed E-state index contributed by atoms with van der Waals surface area (Å²) >= 11 is 0. The second-order valence-corrected chi connectivity index (χ2v) is 3.87. The van der Waals surface area contributed by atoms with Crippen LogP contribution in [0.1, 0.15) is 22.1 Å². The van der Waals surface area contributed by atoms with Crippen molar-refractivity contribution in [2.75, 3.05) is 11.1 Å². The summed E-state index contributed by atoms with van der Waals surface area (Å²) < 4.78 is 5.20. The van der Waals surface area contributed by atoms with Gasteiger partial charge in [0, 0.05) is 13.0 Å². The number of hydrogen-bond donors (Lipinski definition) is 3. The number of nitrogens with two attached hydrogens (primary N) is 1. The Balaban J connectivity index is 2.24. The highest BCUT2D eigenvalue weighted by atomic mass is 16.4. The van der Waals surface area contributed by atoms with Gasteiger partial charge in [0.1, 0.15) is 5.75 Å².